The Labute approximate surface area is 205 Å². The second-order valence-electron chi connectivity index (χ2n) is 9.58. The lowest BCUT2D eigenvalue weighted by atomic mass is 9.98. The molecule has 0 atom stereocenters. The van der Waals surface area contributed by atoms with Crippen LogP contribution in [0.15, 0.2) is 60.7 Å². The van der Waals surface area contributed by atoms with E-state index in [9.17, 15) is 8.78 Å². The molecule has 3 rings (SSSR count). The van der Waals surface area contributed by atoms with Gasteiger partial charge in [-0.1, -0.05) is 88.1 Å². The summed E-state index contributed by atoms with van der Waals surface area (Å²) in [6.45, 7) is 4.37. The average molecular weight is 463 g/mol. The van der Waals surface area contributed by atoms with Gasteiger partial charge in [-0.05, 0) is 96.9 Å². The number of hydrogen-bond acceptors (Lipinski definition) is 0. The van der Waals surface area contributed by atoms with E-state index in [0.29, 0.717) is 12.8 Å². The Kier molecular flexibility index (Phi) is 10.8. The van der Waals surface area contributed by atoms with Crippen LogP contribution in [0, 0.1) is 11.6 Å². The van der Waals surface area contributed by atoms with Crippen molar-refractivity contribution in [1.29, 1.82) is 0 Å². The Morgan fingerprint density at radius 3 is 1.18 bits per heavy atom. The Hall–Kier alpha value is -2.48. The van der Waals surface area contributed by atoms with Gasteiger partial charge < -0.3 is 0 Å². The Morgan fingerprint density at radius 1 is 0.441 bits per heavy atom. The summed E-state index contributed by atoms with van der Waals surface area (Å²) in [4.78, 5) is 0. The maximum Gasteiger partial charge on any atom is 0.126 e. The second-order valence-corrected chi connectivity index (χ2v) is 9.58. The van der Waals surface area contributed by atoms with Crippen molar-refractivity contribution in [2.45, 2.75) is 90.9 Å². The normalized spacial score (nSPS) is 11.2. The van der Waals surface area contributed by atoms with E-state index in [-0.39, 0.29) is 11.6 Å². The van der Waals surface area contributed by atoms with E-state index in [0.717, 1.165) is 60.8 Å². The van der Waals surface area contributed by atoms with E-state index >= 15 is 0 Å². The van der Waals surface area contributed by atoms with Gasteiger partial charge in [0, 0.05) is 0 Å². The van der Waals surface area contributed by atoms with Gasteiger partial charge in [0.2, 0.25) is 0 Å². The number of benzene rings is 3. The first kappa shape index (κ1) is 26.1. The topological polar surface area (TPSA) is 0 Å². The fraction of sp³-hybridized carbons (Fsp3) is 0.438. The van der Waals surface area contributed by atoms with Gasteiger partial charge in [0.1, 0.15) is 11.6 Å². The van der Waals surface area contributed by atoms with Crippen molar-refractivity contribution in [3.8, 4) is 0 Å². The molecule has 34 heavy (non-hydrogen) atoms. The summed E-state index contributed by atoms with van der Waals surface area (Å²) in [5, 5.41) is 0. The van der Waals surface area contributed by atoms with Crippen LogP contribution in [0.25, 0.3) is 0 Å². The minimum Gasteiger partial charge on any atom is -0.207 e. The summed E-state index contributed by atoms with van der Waals surface area (Å²) in [6.07, 6.45) is 12.0. The van der Waals surface area contributed by atoms with Crippen LogP contribution >= 0.6 is 0 Å². The molecule has 0 heterocycles. The van der Waals surface area contributed by atoms with Crippen molar-refractivity contribution in [2.24, 2.45) is 0 Å². The molecule has 182 valence electrons. The highest BCUT2D eigenvalue weighted by Gasteiger charge is 2.07. The quantitative estimate of drug-likeness (QED) is 0.210. The molecule has 0 aliphatic heterocycles. The van der Waals surface area contributed by atoms with Crippen molar-refractivity contribution in [2.75, 3.05) is 0 Å². The number of unbranched alkanes of at least 4 members (excludes halogenated alkanes) is 4. The van der Waals surface area contributed by atoms with Gasteiger partial charge in [0.05, 0.1) is 0 Å². The predicted octanol–water partition coefficient (Wildman–Crippen LogP) is 9.00. The van der Waals surface area contributed by atoms with Crippen LogP contribution in [0.3, 0.4) is 0 Å². The first-order chi connectivity index (χ1) is 16.6. The number of halogens is 2. The third-order valence-electron chi connectivity index (χ3n) is 6.76. The smallest absolute Gasteiger partial charge is 0.126 e. The molecule has 0 amide bonds. The molecule has 0 N–H and O–H groups in total. The molecule has 0 saturated heterocycles. The van der Waals surface area contributed by atoms with E-state index < -0.39 is 0 Å². The summed E-state index contributed by atoms with van der Waals surface area (Å²) < 4.78 is 29.0. The Balaban J connectivity index is 1.47. The molecule has 3 aromatic carbocycles. The van der Waals surface area contributed by atoms with Crippen molar-refractivity contribution >= 4 is 0 Å². The Morgan fingerprint density at radius 2 is 0.824 bits per heavy atom. The van der Waals surface area contributed by atoms with Gasteiger partial charge >= 0.3 is 0 Å². The van der Waals surface area contributed by atoms with E-state index in [1.54, 1.807) is 12.1 Å². The zero-order chi connectivity index (χ0) is 24.2. The van der Waals surface area contributed by atoms with Crippen molar-refractivity contribution in [3.05, 3.63) is 106 Å². The zero-order valence-electron chi connectivity index (χ0n) is 21.0. The summed E-state index contributed by atoms with van der Waals surface area (Å²) in [7, 11) is 0. The summed E-state index contributed by atoms with van der Waals surface area (Å²) >= 11 is 0. The molecule has 0 nitrogen and oxygen atoms in total. The van der Waals surface area contributed by atoms with Gasteiger partial charge in [-0.3, -0.25) is 0 Å². The molecule has 0 aliphatic rings. The maximum atomic E-state index is 14.5. The minimum absolute atomic E-state index is 0.0796. The lowest BCUT2D eigenvalue weighted by molar-refractivity contribution is 0.603. The third kappa shape index (κ3) is 8.38. The maximum absolute atomic E-state index is 14.5. The molecule has 0 fully saturated rings. The van der Waals surface area contributed by atoms with Crippen molar-refractivity contribution < 1.29 is 8.78 Å². The highest BCUT2D eigenvalue weighted by Crippen LogP contribution is 2.18. The minimum atomic E-state index is -0.0796. The Bertz CT molecular complexity index is 922. The first-order valence-electron chi connectivity index (χ1n) is 13.2. The summed E-state index contributed by atoms with van der Waals surface area (Å²) in [5.74, 6) is -0.159. The van der Waals surface area contributed by atoms with Gasteiger partial charge in [0.25, 0.3) is 0 Å². The van der Waals surface area contributed by atoms with Gasteiger partial charge in [0.15, 0.2) is 0 Å². The molecule has 0 saturated carbocycles. The lowest BCUT2D eigenvalue weighted by Gasteiger charge is -2.09. The van der Waals surface area contributed by atoms with Crippen molar-refractivity contribution in [3.63, 3.8) is 0 Å². The monoisotopic (exact) mass is 462 g/mol. The molecule has 0 unspecified atom stereocenters. The molecule has 0 radical (unpaired) electrons. The molecule has 3 aromatic rings. The van der Waals surface area contributed by atoms with E-state index in [4.69, 9.17) is 0 Å². The standard InChI is InChI=1S/C32H40F2/c1-3-5-7-9-27-17-21-29(31(33)23-27)19-15-25-11-13-26(14-12-25)16-20-30-22-18-28(24-32(30)34)10-8-6-4-2/h11-14,17-18,21-24H,3-10,15-16,19-20H2,1-2H3. The highest BCUT2D eigenvalue weighted by atomic mass is 19.1. The highest BCUT2D eigenvalue weighted by molar-refractivity contribution is 5.29. The zero-order valence-corrected chi connectivity index (χ0v) is 21.0. The predicted molar refractivity (Wildman–Crippen MR) is 141 cm³/mol. The van der Waals surface area contributed by atoms with E-state index in [2.05, 4.69) is 50.2 Å². The largest absolute Gasteiger partial charge is 0.207 e. The molecule has 0 aromatic heterocycles. The van der Waals surface area contributed by atoms with E-state index in [1.807, 2.05) is 12.1 Å². The van der Waals surface area contributed by atoms with Gasteiger partial charge in [-0.25, -0.2) is 8.78 Å². The third-order valence-corrected chi connectivity index (χ3v) is 6.76. The molecule has 0 bridgehead atoms. The van der Waals surface area contributed by atoms with Gasteiger partial charge in [-0.15, -0.1) is 0 Å². The fourth-order valence-electron chi connectivity index (χ4n) is 4.49. The molecular formula is C32H40F2. The van der Waals surface area contributed by atoms with E-state index in [1.165, 1.54) is 36.8 Å². The lowest BCUT2D eigenvalue weighted by Crippen LogP contribution is -1.98. The molecule has 2 heteroatoms. The van der Waals surface area contributed by atoms with Crippen LogP contribution < -0.4 is 0 Å². The average Bonchev–Trinajstić information content (AvgIpc) is 2.84. The van der Waals surface area contributed by atoms with Crippen LogP contribution in [0.4, 0.5) is 8.78 Å². The van der Waals surface area contributed by atoms with Crippen LogP contribution in [0.5, 0.6) is 0 Å². The van der Waals surface area contributed by atoms with Crippen LogP contribution in [-0.2, 0) is 38.5 Å². The molecule has 0 aliphatic carbocycles. The fourth-order valence-corrected chi connectivity index (χ4v) is 4.49. The van der Waals surface area contributed by atoms with Gasteiger partial charge in [-0.2, -0.15) is 0 Å². The molecular weight excluding hydrogens is 422 g/mol. The number of rotatable bonds is 14. The molecule has 0 spiro atoms. The number of aryl methyl sites for hydroxylation is 6. The second kappa shape index (κ2) is 14.0. The van der Waals surface area contributed by atoms with Crippen LogP contribution in [-0.4, -0.2) is 0 Å². The van der Waals surface area contributed by atoms with Crippen LogP contribution in [0.1, 0.15) is 85.8 Å². The van der Waals surface area contributed by atoms with Crippen molar-refractivity contribution in [1.82, 2.24) is 0 Å². The first-order valence-corrected chi connectivity index (χ1v) is 13.2. The van der Waals surface area contributed by atoms with Crippen LogP contribution in [0.2, 0.25) is 0 Å². The number of hydrogen-bond donors (Lipinski definition) is 0. The SMILES string of the molecule is CCCCCc1ccc(CCc2ccc(CCc3ccc(CCCCC)cc3F)cc2)c(F)c1. The summed E-state index contributed by atoms with van der Waals surface area (Å²) in [5.41, 5.74) is 6.19. The summed E-state index contributed by atoms with van der Waals surface area (Å²) in [6, 6.07) is 20.0.